The number of methoxy groups -OCH3 is 2. The molecule has 0 spiro atoms. The van der Waals surface area contributed by atoms with E-state index in [1.165, 1.54) is 38.5 Å². The van der Waals surface area contributed by atoms with Crippen LogP contribution in [0.5, 0.6) is 34.5 Å². The lowest BCUT2D eigenvalue weighted by molar-refractivity contribution is -0.277. The molecule has 12 nitrogen and oxygen atoms in total. The first-order chi connectivity index (χ1) is 16.7. The quantitative estimate of drug-likeness (QED) is 0.316. The number of aromatic hydroxyl groups is 2. The Morgan fingerprint density at radius 3 is 2.40 bits per heavy atom. The highest BCUT2D eigenvalue weighted by Gasteiger charge is 2.45. The van der Waals surface area contributed by atoms with E-state index in [2.05, 4.69) is 0 Å². The minimum Gasteiger partial charge on any atom is -0.507 e. The molecule has 2 heterocycles. The van der Waals surface area contributed by atoms with Crippen molar-refractivity contribution in [3.63, 3.8) is 0 Å². The van der Waals surface area contributed by atoms with E-state index in [4.69, 9.17) is 23.7 Å². The number of phenolic OH excluding ortho intramolecular Hbond substituents is 2. The first kappa shape index (κ1) is 24.8. The van der Waals surface area contributed by atoms with Crippen molar-refractivity contribution in [2.24, 2.45) is 0 Å². The summed E-state index contributed by atoms with van der Waals surface area (Å²) < 4.78 is 27.6. The molecule has 0 radical (unpaired) electrons. The van der Waals surface area contributed by atoms with Crippen LogP contribution in [-0.2, 0) is 4.74 Å². The number of aliphatic hydroxyl groups is 4. The van der Waals surface area contributed by atoms with Crippen molar-refractivity contribution < 1.29 is 59.1 Å². The van der Waals surface area contributed by atoms with E-state index in [1.54, 1.807) is 0 Å². The summed E-state index contributed by atoms with van der Waals surface area (Å²) in [6.07, 6.45) is -9.10. The molecular weight excluding hydrogens is 468 g/mol. The minimum atomic E-state index is -1.70. The van der Waals surface area contributed by atoms with Crippen LogP contribution in [0.3, 0.4) is 0 Å². The van der Waals surface area contributed by atoms with E-state index in [1.807, 2.05) is 0 Å². The Morgan fingerprint density at radius 2 is 1.74 bits per heavy atom. The number of benzene rings is 2. The van der Waals surface area contributed by atoms with Crippen molar-refractivity contribution in [2.75, 3.05) is 20.8 Å². The average molecular weight is 494 g/mol. The minimum absolute atomic E-state index is 0.0211. The molecule has 12 heteroatoms. The summed E-state index contributed by atoms with van der Waals surface area (Å²) in [7, 11) is 2.68. The Bertz CT molecular complexity index is 1100. The number of hydrogen-bond acceptors (Lipinski definition) is 12. The van der Waals surface area contributed by atoms with Crippen LogP contribution in [0, 0.1) is 0 Å². The zero-order chi connectivity index (χ0) is 25.4. The molecule has 2 aliphatic rings. The zero-order valence-electron chi connectivity index (χ0n) is 18.8. The summed E-state index contributed by atoms with van der Waals surface area (Å²) in [5.74, 6) is -1.14. The number of aliphatic hydroxyl groups excluding tert-OH is 4. The van der Waals surface area contributed by atoms with Crippen molar-refractivity contribution >= 4 is 5.78 Å². The van der Waals surface area contributed by atoms with Crippen molar-refractivity contribution in [3.8, 4) is 34.5 Å². The Morgan fingerprint density at radius 1 is 1.00 bits per heavy atom. The summed E-state index contributed by atoms with van der Waals surface area (Å²) in [4.78, 5) is 13.0. The molecule has 2 aromatic carbocycles. The molecule has 2 aliphatic heterocycles. The molecule has 0 aliphatic carbocycles. The standard InChI is InChI=1S/C23H26O12/c1-31-14-7-11(27)16-10(26)6-13(33-22(16)21(14)32-2)17-9(25)4-3-5-12(17)34-23-20(30)19(29)18(28)15(8-24)35-23/h3-5,7,13,15,18-20,23-25,27-30H,6,8H2,1-2H3/t13?,15-,18-,19+,20-,23-/m1/s1. The number of hydrogen-bond donors (Lipinski definition) is 6. The van der Waals surface area contributed by atoms with Gasteiger partial charge in [0.1, 0.15) is 53.3 Å². The fourth-order valence-corrected chi connectivity index (χ4v) is 4.19. The van der Waals surface area contributed by atoms with Crippen LogP contribution < -0.4 is 18.9 Å². The Balaban J connectivity index is 1.72. The molecule has 2 aromatic rings. The number of rotatable bonds is 6. The first-order valence-electron chi connectivity index (χ1n) is 10.7. The molecule has 1 fully saturated rings. The molecule has 4 rings (SSSR count). The van der Waals surface area contributed by atoms with Crippen LogP contribution in [0.2, 0.25) is 0 Å². The lowest BCUT2D eigenvalue weighted by Crippen LogP contribution is -2.60. The number of ether oxygens (including phenoxy) is 5. The van der Waals surface area contributed by atoms with Crippen LogP contribution in [-0.4, -0.2) is 88.0 Å². The third-order valence-electron chi connectivity index (χ3n) is 5.97. The molecule has 6 atom stereocenters. The van der Waals surface area contributed by atoms with Gasteiger partial charge in [-0.25, -0.2) is 0 Å². The predicted molar refractivity (Wildman–Crippen MR) is 116 cm³/mol. The molecule has 0 bridgehead atoms. The maximum absolute atomic E-state index is 13.0. The second-order valence-corrected chi connectivity index (χ2v) is 8.07. The lowest BCUT2D eigenvalue weighted by atomic mass is 9.94. The topological polar surface area (TPSA) is 185 Å². The molecule has 0 amide bonds. The monoisotopic (exact) mass is 494 g/mol. The van der Waals surface area contributed by atoms with E-state index < -0.39 is 49.2 Å². The SMILES string of the molecule is COc1cc(O)c2c(c1OC)OC(c1c(O)cccc1O[C@@H]1O[C@H](CO)[C@@H](O)[C@H](O)[C@H]1O)CC2=O. The van der Waals surface area contributed by atoms with Gasteiger partial charge in [0.05, 0.1) is 32.8 Å². The van der Waals surface area contributed by atoms with Gasteiger partial charge in [0.15, 0.2) is 17.3 Å². The van der Waals surface area contributed by atoms with E-state index >= 15 is 0 Å². The summed E-state index contributed by atoms with van der Waals surface area (Å²) in [5.41, 5.74) is -0.0847. The third kappa shape index (κ3) is 4.30. The Kier molecular flexibility index (Phi) is 6.92. The van der Waals surface area contributed by atoms with Gasteiger partial charge in [0.25, 0.3) is 0 Å². The molecule has 6 N–H and O–H groups in total. The molecule has 1 unspecified atom stereocenters. The zero-order valence-corrected chi connectivity index (χ0v) is 18.8. The van der Waals surface area contributed by atoms with Crippen LogP contribution in [0.25, 0.3) is 0 Å². The van der Waals surface area contributed by atoms with Gasteiger partial charge >= 0.3 is 0 Å². The number of Topliss-reactive ketones (excluding diaryl/α,β-unsaturated/α-hetero) is 1. The second kappa shape index (κ2) is 9.76. The van der Waals surface area contributed by atoms with Crippen LogP contribution in [0.15, 0.2) is 24.3 Å². The highest BCUT2D eigenvalue weighted by Crippen LogP contribution is 2.51. The van der Waals surface area contributed by atoms with Crippen molar-refractivity contribution in [1.82, 2.24) is 0 Å². The van der Waals surface area contributed by atoms with Crippen molar-refractivity contribution in [2.45, 2.75) is 43.2 Å². The van der Waals surface area contributed by atoms with E-state index in [-0.39, 0.29) is 52.0 Å². The van der Waals surface area contributed by atoms with Gasteiger partial charge in [0.2, 0.25) is 12.0 Å². The smallest absolute Gasteiger partial charge is 0.229 e. The lowest BCUT2D eigenvalue weighted by Gasteiger charge is -2.40. The van der Waals surface area contributed by atoms with Gasteiger partial charge in [-0.2, -0.15) is 0 Å². The number of carbonyl (C=O) groups excluding carboxylic acids is 1. The summed E-state index contributed by atoms with van der Waals surface area (Å²) in [5, 5.41) is 60.8. The van der Waals surface area contributed by atoms with Gasteiger partial charge in [-0.3, -0.25) is 4.79 Å². The molecule has 0 aromatic heterocycles. The fraction of sp³-hybridized carbons (Fsp3) is 0.435. The number of phenols is 2. The van der Waals surface area contributed by atoms with E-state index in [0.717, 1.165) is 0 Å². The molecule has 190 valence electrons. The van der Waals surface area contributed by atoms with Gasteiger partial charge < -0.3 is 54.3 Å². The van der Waals surface area contributed by atoms with Crippen molar-refractivity contribution in [1.29, 1.82) is 0 Å². The van der Waals surface area contributed by atoms with Crippen LogP contribution in [0.4, 0.5) is 0 Å². The average Bonchev–Trinajstić information content (AvgIpc) is 2.83. The van der Waals surface area contributed by atoms with Gasteiger partial charge in [-0.15, -0.1) is 0 Å². The molecular formula is C23H26O12. The van der Waals surface area contributed by atoms with Crippen molar-refractivity contribution in [3.05, 3.63) is 35.4 Å². The molecule has 1 saturated heterocycles. The fourth-order valence-electron chi connectivity index (χ4n) is 4.19. The summed E-state index contributed by atoms with van der Waals surface area (Å²) >= 11 is 0. The first-order valence-corrected chi connectivity index (χ1v) is 10.7. The predicted octanol–water partition coefficient (Wildman–Crippen LogP) is 0.000200. The highest BCUT2D eigenvalue weighted by atomic mass is 16.7. The van der Waals surface area contributed by atoms with Crippen LogP contribution >= 0.6 is 0 Å². The summed E-state index contributed by atoms with van der Waals surface area (Å²) in [6, 6.07) is 5.42. The van der Waals surface area contributed by atoms with E-state index in [0.29, 0.717) is 0 Å². The maximum atomic E-state index is 13.0. The molecule has 0 saturated carbocycles. The largest absolute Gasteiger partial charge is 0.507 e. The normalized spacial score (nSPS) is 28.1. The van der Waals surface area contributed by atoms with Crippen LogP contribution in [0.1, 0.15) is 28.4 Å². The Labute approximate surface area is 199 Å². The number of ketones is 1. The maximum Gasteiger partial charge on any atom is 0.229 e. The Hall–Kier alpha value is -3.29. The van der Waals surface area contributed by atoms with E-state index in [9.17, 15) is 35.4 Å². The number of fused-ring (bicyclic) bond motifs is 1. The van der Waals surface area contributed by atoms with Gasteiger partial charge in [0, 0.05) is 6.07 Å². The number of carbonyl (C=O) groups is 1. The third-order valence-corrected chi connectivity index (χ3v) is 5.97. The summed E-state index contributed by atoms with van der Waals surface area (Å²) in [6.45, 7) is -0.653. The molecule has 35 heavy (non-hydrogen) atoms. The van der Waals surface area contributed by atoms with Gasteiger partial charge in [-0.1, -0.05) is 6.07 Å². The highest BCUT2D eigenvalue weighted by molar-refractivity contribution is 6.04. The second-order valence-electron chi connectivity index (χ2n) is 8.07. The van der Waals surface area contributed by atoms with Gasteiger partial charge in [-0.05, 0) is 12.1 Å².